The molecule has 1 N–H and O–H groups in total. The van der Waals surface area contributed by atoms with Crippen molar-refractivity contribution in [3.8, 4) is 0 Å². The van der Waals surface area contributed by atoms with Crippen LogP contribution < -0.4 is 0 Å². The Morgan fingerprint density at radius 1 is 1.10 bits per heavy atom. The molecule has 4 nitrogen and oxygen atoms in total. The Morgan fingerprint density at radius 2 is 1.81 bits per heavy atom. The smallest absolute Gasteiger partial charge is 0.293 e. The lowest BCUT2D eigenvalue weighted by atomic mass is 10.0. The summed E-state index contributed by atoms with van der Waals surface area (Å²) in [6, 6.07) is 5.29. The van der Waals surface area contributed by atoms with Crippen LogP contribution in [0, 0.1) is 10.1 Å². The van der Waals surface area contributed by atoms with Gasteiger partial charge in [0.15, 0.2) is 0 Å². The first-order valence-corrected chi connectivity index (χ1v) is 7.97. The summed E-state index contributed by atoms with van der Waals surface area (Å²) >= 11 is 0. The van der Waals surface area contributed by atoms with Crippen molar-refractivity contribution in [1.82, 2.24) is 4.98 Å². The van der Waals surface area contributed by atoms with E-state index < -0.39 is 0 Å². The van der Waals surface area contributed by atoms with Crippen LogP contribution in [0.25, 0.3) is 10.9 Å². The topological polar surface area (TPSA) is 58.9 Å². The van der Waals surface area contributed by atoms with Gasteiger partial charge in [0.05, 0.1) is 4.92 Å². The predicted molar refractivity (Wildman–Crippen MR) is 86.7 cm³/mol. The molecule has 21 heavy (non-hydrogen) atoms. The van der Waals surface area contributed by atoms with E-state index in [0.29, 0.717) is 5.52 Å². The van der Waals surface area contributed by atoms with Gasteiger partial charge in [0.2, 0.25) is 0 Å². The zero-order chi connectivity index (χ0) is 15.1. The number of aryl methyl sites for hydroxylation is 1. The lowest BCUT2D eigenvalue weighted by Gasteiger charge is -2.01. The third-order valence-electron chi connectivity index (χ3n) is 4.03. The molecule has 114 valence electrons. The summed E-state index contributed by atoms with van der Waals surface area (Å²) in [6.45, 7) is 2.23. The predicted octanol–water partition coefficient (Wildman–Crippen LogP) is 5.37. The van der Waals surface area contributed by atoms with Crippen molar-refractivity contribution in [2.45, 2.75) is 58.3 Å². The van der Waals surface area contributed by atoms with Gasteiger partial charge < -0.3 is 4.98 Å². The molecule has 1 aromatic heterocycles. The number of nitrogens with one attached hydrogen (secondary N) is 1. The molecule has 0 aliphatic rings. The number of nitro groups is 1. The van der Waals surface area contributed by atoms with Crippen molar-refractivity contribution in [1.29, 1.82) is 0 Å². The van der Waals surface area contributed by atoms with Gasteiger partial charge in [0.25, 0.3) is 5.69 Å². The van der Waals surface area contributed by atoms with E-state index in [1.165, 1.54) is 44.1 Å². The molecule has 2 aromatic rings. The lowest BCUT2D eigenvalue weighted by molar-refractivity contribution is -0.383. The van der Waals surface area contributed by atoms with Crippen LogP contribution in [0.4, 0.5) is 5.69 Å². The number of hydrogen-bond donors (Lipinski definition) is 1. The Balaban J connectivity index is 1.88. The standard InChI is InChI=1S/C17H24N2O2/c1-2-3-4-5-6-7-8-10-14-13-18-17-15(14)11-9-12-16(17)19(20)21/h9,11-13,18H,2-8,10H2,1H3. The third-order valence-corrected chi connectivity index (χ3v) is 4.03. The van der Waals surface area contributed by atoms with E-state index in [9.17, 15) is 10.1 Å². The molecule has 2 rings (SSSR count). The highest BCUT2D eigenvalue weighted by Gasteiger charge is 2.14. The van der Waals surface area contributed by atoms with Crippen LogP contribution >= 0.6 is 0 Å². The summed E-state index contributed by atoms with van der Waals surface area (Å²) in [6.07, 6.45) is 11.9. The van der Waals surface area contributed by atoms with Crippen LogP contribution in [0.3, 0.4) is 0 Å². The van der Waals surface area contributed by atoms with Crippen molar-refractivity contribution in [2.75, 3.05) is 0 Å². The number of fused-ring (bicyclic) bond motifs is 1. The Morgan fingerprint density at radius 3 is 2.52 bits per heavy atom. The second-order valence-corrected chi connectivity index (χ2v) is 5.64. The molecule has 0 aliphatic heterocycles. The monoisotopic (exact) mass is 288 g/mol. The first-order valence-electron chi connectivity index (χ1n) is 7.97. The van der Waals surface area contributed by atoms with Gasteiger partial charge in [-0.2, -0.15) is 0 Å². The molecule has 0 bridgehead atoms. The highest BCUT2D eigenvalue weighted by Crippen LogP contribution is 2.27. The van der Waals surface area contributed by atoms with Gasteiger partial charge >= 0.3 is 0 Å². The van der Waals surface area contributed by atoms with Crippen molar-refractivity contribution >= 4 is 16.6 Å². The van der Waals surface area contributed by atoms with E-state index in [2.05, 4.69) is 11.9 Å². The van der Waals surface area contributed by atoms with E-state index in [1.807, 2.05) is 12.3 Å². The maximum Gasteiger partial charge on any atom is 0.293 e. The Bertz CT molecular complexity index is 589. The molecule has 0 aliphatic carbocycles. The van der Waals surface area contributed by atoms with Gasteiger partial charge in [0.1, 0.15) is 5.52 Å². The summed E-state index contributed by atoms with van der Waals surface area (Å²) < 4.78 is 0. The number of hydrogen-bond acceptors (Lipinski definition) is 2. The molecule has 0 unspecified atom stereocenters. The summed E-state index contributed by atoms with van der Waals surface area (Å²) in [4.78, 5) is 13.7. The van der Waals surface area contributed by atoms with Crippen LogP contribution in [0.5, 0.6) is 0 Å². The van der Waals surface area contributed by atoms with E-state index in [1.54, 1.807) is 12.1 Å². The van der Waals surface area contributed by atoms with Crippen LogP contribution in [0.1, 0.15) is 57.4 Å². The van der Waals surface area contributed by atoms with Crippen LogP contribution in [-0.4, -0.2) is 9.91 Å². The van der Waals surface area contributed by atoms with Crippen LogP contribution in [-0.2, 0) is 6.42 Å². The molecule has 0 atom stereocenters. The number of aromatic nitrogens is 1. The number of unbranched alkanes of at least 4 members (excludes halogenated alkanes) is 6. The second kappa shape index (κ2) is 7.81. The minimum Gasteiger partial charge on any atom is -0.355 e. The number of benzene rings is 1. The third kappa shape index (κ3) is 4.06. The van der Waals surface area contributed by atoms with Crippen LogP contribution in [0.2, 0.25) is 0 Å². The molecule has 0 amide bonds. The Labute approximate surface area is 125 Å². The number of para-hydroxylation sites is 1. The summed E-state index contributed by atoms with van der Waals surface area (Å²) in [7, 11) is 0. The van der Waals surface area contributed by atoms with Gasteiger partial charge in [-0.15, -0.1) is 0 Å². The molecule has 0 saturated carbocycles. The van der Waals surface area contributed by atoms with E-state index in [-0.39, 0.29) is 10.6 Å². The zero-order valence-corrected chi connectivity index (χ0v) is 12.7. The van der Waals surface area contributed by atoms with Gasteiger partial charge in [-0.25, -0.2) is 0 Å². The minimum absolute atomic E-state index is 0.165. The zero-order valence-electron chi connectivity index (χ0n) is 12.7. The van der Waals surface area contributed by atoms with E-state index in [4.69, 9.17) is 0 Å². The fraction of sp³-hybridized carbons (Fsp3) is 0.529. The average molecular weight is 288 g/mol. The fourth-order valence-electron chi connectivity index (χ4n) is 2.83. The normalized spacial score (nSPS) is 11.1. The number of rotatable bonds is 9. The van der Waals surface area contributed by atoms with Crippen molar-refractivity contribution < 1.29 is 4.92 Å². The lowest BCUT2D eigenvalue weighted by Crippen LogP contribution is -1.89. The first kappa shape index (κ1) is 15.5. The van der Waals surface area contributed by atoms with Gasteiger partial charge in [0, 0.05) is 17.6 Å². The van der Waals surface area contributed by atoms with E-state index in [0.717, 1.165) is 18.2 Å². The molecule has 1 heterocycles. The number of aromatic amines is 1. The Kier molecular flexibility index (Phi) is 5.78. The van der Waals surface area contributed by atoms with Crippen molar-refractivity contribution in [2.24, 2.45) is 0 Å². The molecule has 0 radical (unpaired) electrons. The molecular formula is C17H24N2O2. The molecule has 0 saturated heterocycles. The second-order valence-electron chi connectivity index (χ2n) is 5.64. The molecule has 0 fully saturated rings. The van der Waals surface area contributed by atoms with Crippen molar-refractivity contribution in [3.05, 3.63) is 40.1 Å². The summed E-state index contributed by atoms with van der Waals surface area (Å²) in [5.74, 6) is 0. The number of nitro benzene ring substituents is 1. The average Bonchev–Trinajstić information content (AvgIpc) is 2.89. The highest BCUT2D eigenvalue weighted by molar-refractivity contribution is 5.90. The maximum absolute atomic E-state index is 11.0. The Hall–Kier alpha value is -1.84. The quantitative estimate of drug-likeness (QED) is 0.383. The van der Waals surface area contributed by atoms with Crippen LogP contribution in [0.15, 0.2) is 24.4 Å². The van der Waals surface area contributed by atoms with Gasteiger partial charge in [-0.3, -0.25) is 10.1 Å². The van der Waals surface area contributed by atoms with E-state index >= 15 is 0 Å². The SMILES string of the molecule is CCCCCCCCCc1c[nH]c2c([N+](=O)[O-])cccc12. The fourth-order valence-corrected chi connectivity index (χ4v) is 2.83. The highest BCUT2D eigenvalue weighted by atomic mass is 16.6. The first-order chi connectivity index (χ1) is 10.2. The number of nitrogens with zero attached hydrogens (tertiary/aromatic N) is 1. The maximum atomic E-state index is 11.0. The summed E-state index contributed by atoms with van der Waals surface area (Å²) in [5.41, 5.74) is 2.01. The number of non-ortho nitro benzene ring substituents is 1. The summed E-state index contributed by atoms with van der Waals surface area (Å²) in [5, 5.41) is 12.0. The molecule has 0 spiro atoms. The van der Waals surface area contributed by atoms with Gasteiger partial charge in [-0.1, -0.05) is 57.6 Å². The number of H-pyrrole nitrogens is 1. The molecule has 1 aromatic carbocycles. The molecular weight excluding hydrogens is 264 g/mol. The molecule has 4 heteroatoms. The van der Waals surface area contributed by atoms with Crippen molar-refractivity contribution in [3.63, 3.8) is 0 Å². The largest absolute Gasteiger partial charge is 0.355 e. The van der Waals surface area contributed by atoms with Gasteiger partial charge in [-0.05, 0) is 18.4 Å². The minimum atomic E-state index is -0.323.